The number of hydrogen-bond acceptors (Lipinski definition) is 3. The van der Waals surface area contributed by atoms with E-state index >= 15 is 0 Å². The van der Waals surface area contributed by atoms with Crippen LogP contribution in [0.1, 0.15) is 117 Å². The number of nitrogens with one attached hydrogen (secondary N) is 2. The second-order valence-electron chi connectivity index (χ2n) is 11.7. The fraction of sp³-hybridized carbons (Fsp3) is 1.00. The first-order chi connectivity index (χ1) is 14.7. The lowest BCUT2D eigenvalue weighted by molar-refractivity contribution is -0.0835. The summed E-state index contributed by atoms with van der Waals surface area (Å²) in [6.07, 6.45) is 23.2. The highest BCUT2D eigenvalue weighted by atomic mass is 15.7. The van der Waals surface area contributed by atoms with Crippen LogP contribution in [0.5, 0.6) is 0 Å². The van der Waals surface area contributed by atoms with Crippen molar-refractivity contribution in [3.8, 4) is 0 Å². The third kappa shape index (κ3) is 6.01. The predicted molar refractivity (Wildman–Crippen MR) is 128 cm³/mol. The molecular weight excluding hydrogens is 366 g/mol. The lowest BCUT2D eigenvalue weighted by atomic mass is 9.53. The van der Waals surface area contributed by atoms with Gasteiger partial charge in [0.2, 0.25) is 0 Å². The lowest BCUT2D eigenvalue weighted by Gasteiger charge is -2.54. The molecule has 4 fully saturated rings. The van der Waals surface area contributed by atoms with Gasteiger partial charge in [0.05, 0.1) is 0 Å². The van der Waals surface area contributed by atoms with E-state index in [1.807, 2.05) is 0 Å². The molecule has 3 heteroatoms. The predicted octanol–water partition coefficient (Wildman–Crippen LogP) is 6.70. The zero-order valence-electron chi connectivity index (χ0n) is 20.2. The van der Waals surface area contributed by atoms with Gasteiger partial charge in [0.25, 0.3) is 0 Å². The number of hydrazine groups is 2. The molecule has 2 N–H and O–H groups in total. The fourth-order valence-electron chi connectivity index (χ4n) is 7.55. The van der Waals surface area contributed by atoms with E-state index in [4.69, 9.17) is 0 Å². The number of nitrogens with zero attached hydrogens (tertiary/aromatic N) is 1. The van der Waals surface area contributed by atoms with Crippen molar-refractivity contribution >= 4 is 0 Å². The van der Waals surface area contributed by atoms with Crippen LogP contribution in [0.15, 0.2) is 0 Å². The second-order valence-corrected chi connectivity index (χ2v) is 11.7. The Labute approximate surface area is 187 Å². The van der Waals surface area contributed by atoms with Crippen LogP contribution >= 0.6 is 0 Å². The molecule has 0 aromatic rings. The quantitative estimate of drug-likeness (QED) is 0.340. The Morgan fingerprint density at radius 2 is 1.23 bits per heavy atom. The van der Waals surface area contributed by atoms with Crippen LogP contribution < -0.4 is 10.9 Å². The molecule has 0 radical (unpaired) electrons. The van der Waals surface area contributed by atoms with Gasteiger partial charge in [0.1, 0.15) is 0 Å². The standard InChI is InChI=1S/C27H51N3/c1-21-22(2)27(24-15-9-3-4-10-16-24)26(21)20-30(29-25-17-11-6-12-18-25)28-19-23-13-7-5-8-14-23/h21-29H,3-20H2,1-2H3. The molecule has 0 aromatic carbocycles. The van der Waals surface area contributed by atoms with Crippen molar-refractivity contribution in [2.45, 2.75) is 123 Å². The van der Waals surface area contributed by atoms with Gasteiger partial charge in [0.15, 0.2) is 0 Å². The van der Waals surface area contributed by atoms with E-state index in [1.54, 1.807) is 0 Å². The van der Waals surface area contributed by atoms with Crippen LogP contribution in [0, 0.1) is 35.5 Å². The highest BCUT2D eigenvalue weighted by molar-refractivity contribution is 4.97. The Morgan fingerprint density at radius 1 is 0.667 bits per heavy atom. The molecule has 4 atom stereocenters. The van der Waals surface area contributed by atoms with E-state index in [2.05, 4.69) is 29.8 Å². The van der Waals surface area contributed by atoms with Crippen molar-refractivity contribution in [3.63, 3.8) is 0 Å². The molecule has 0 heterocycles. The van der Waals surface area contributed by atoms with Gasteiger partial charge in [-0.2, -0.15) is 5.12 Å². The molecule has 0 amide bonds. The molecule has 0 spiro atoms. The Balaban J connectivity index is 1.36. The van der Waals surface area contributed by atoms with Crippen molar-refractivity contribution in [3.05, 3.63) is 0 Å². The van der Waals surface area contributed by atoms with Gasteiger partial charge in [-0.1, -0.05) is 90.9 Å². The van der Waals surface area contributed by atoms with Crippen molar-refractivity contribution in [1.82, 2.24) is 16.0 Å². The highest BCUT2D eigenvalue weighted by Crippen LogP contribution is 2.52. The van der Waals surface area contributed by atoms with Crippen molar-refractivity contribution in [2.24, 2.45) is 35.5 Å². The minimum absolute atomic E-state index is 0.696. The van der Waals surface area contributed by atoms with E-state index in [0.717, 1.165) is 35.5 Å². The molecule has 174 valence electrons. The molecule has 0 saturated heterocycles. The Hall–Kier alpha value is -0.120. The van der Waals surface area contributed by atoms with E-state index in [9.17, 15) is 0 Å². The average Bonchev–Trinajstić information content (AvgIpc) is 3.07. The van der Waals surface area contributed by atoms with Crippen LogP contribution in [-0.2, 0) is 0 Å². The molecule has 4 aliphatic carbocycles. The van der Waals surface area contributed by atoms with Crippen LogP contribution in [0.2, 0.25) is 0 Å². The van der Waals surface area contributed by atoms with Gasteiger partial charge in [0, 0.05) is 19.1 Å². The molecule has 3 nitrogen and oxygen atoms in total. The topological polar surface area (TPSA) is 27.3 Å². The first-order valence-electron chi connectivity index (χ1n) is 14.0. The Bertz CT molecular complexity index is 474. The third-order valence-corrected chi connectivity index (χ3v) is 9.68. The summed E-state index contributed by atoms with van der Waals surface area (Å²) in [5, 5.41) is 2.52. The van der Waals surface area contributed by atoms with Crippen molar-refractivity contribution in [2.75, 3.05) is 13.1 Å². The highest BCUT2D eigenvalue weighted by Gasteiger charge is 2.48. The van der Waals surface area contributed by atoms with Gasteiger partial charge in [-0.3, -0.25) is 0 Å². The zero-order valence-corrected chi connectivity index (χ0v) is 20.2. The summed E-state index contributed by atoms with van der Waals surface area (Å²) in [6.45, 7) is 7.51. The van der Waals surface area contributed by atoms with Crippen molar-refractivity contribution in [1.29, 1.82) is 0 Å². The Morgan fingerprint density at radius 3 is 1.90 bits per heavy atom. The Kier molecular flexibility index (Phi) is 8.96. The van der Waals surface area contributed by atoms with Gasteiger partial charge in [-0.25, -0.2) is 10.9 Å². The SMILES string of the molecule is CC1C(C)C(C2CCCCCC2)C1CN(NCC1CCCCC1)NC1CCCCC1. The average molecular weight is 418 g/mol. The second kappa shape index (κ2) is 11.7. The normalized spacial score (nSPS) is 35.3. The molecule has 0 aromatic heterocycles. The van der Waals surface area contributed by atoms with Crippen LogP contribution in [0.4, 0.5) is 0 Å². The van der Waals surface area contributed by atoms with Gasteiger partial charge >= 0.3 is 0 Å². The number of hydrogen-bond donors (Lipinski definition) is 2. The third-order valence-electron chi connectivity index (χ3n) is 9.68. The van der Waals surface area contributed by atoms with Gasteiger partial charge in [-0.15, -0.1) is 0 Å². The molecule has 4 aliphatic rings. The summed E-state index contributed by atoms with van der Waals surface area (Å²) in [6, 6.07) is 0.696. The maximum Gasteiger partial charge on any atom is 0.0322 e. The molecule has 0 bridgehead atoms. The van der Waals surface area contributed by atoms with E-state index < -0.39 is 0 Å². The van der Waals surface area contributed by atoms with Crippen LogP contribution in [0.3, 0.4) is 0 Å². The van der Waals surface area contributed by atoms with E-state index in [1.165, 1.54) is 116 Å². The maximum absolute atomic E-state index is 3.99. The molecule has 4 unspecified atom stereocenters. The molecule has 30 heavy (non-hydrogen) atoms. The summed E-state index contributed by atoms with van der Waals surface area (Å²) in [4.78, 5) is 0. The first kappa shape index (κ1) is 23.1. The van der Waals surface area contributed by atoms with Crippen molar-refractivity contribution < 1.29 is 0 Å². The van der Waals surface area contributed by atoms with E-state index in [-0.39, 0.29) is 0 Å². The number of rotatable bonds is 8. The first-order valence-corrected chi connectivity index (χ1v) is 14.0. The smallest absolute Gasteiger partial charge is 0.0322 e. The largest absolute Gasteiger partial charge is 0.241 e. The fourth-order valence-corrected chi connectivity index (χ4v) is 7.55. The van der Waals surface area contributed by atoms with E-state index in [0.29, 0.717) is 6.04 Å². The monoisotopic (exact) mass is 417 g/mol. The summed E-state index contributed by atoms with van der Waals surface area (Å²) < 4.78 is 0. The van der Waals surface area contributed by atoms with Gasteiger partial charge in [-0.05, 0) is 61.2 Å². The van der Waals surface area contributed by atoms with Crippen LogP contribution in [-0.4, -0.2) is 24.2 Å². The molecule has 0 aliphatic heterocycles. The summed E-state index contributed by atoms with van der Waals surface area (Å²) in [7, 11) is 0. The summed E-state index contributed by atoms with van der Waals surface area (Å²) in [5.74, 6) is 5.53. The molecular formula is C27H51N3. The summed E-state index contributed by atoms with van der Waals surface area (Å²) >= 11 is 0. The summed E-state index contributed by atoms with van der Waals surface area (Å²) in [5.41, 5.74) is 7.92. The lowest BCUT2D eigenvalue weighted by Crippen LogP contribution is -2.60. The molecule has 4 saturated carbocycles. The minimum Gasteiger partial charge on any atom is -0.241 e. The molecule has 4 rings (SSSR count). The van der Waals surface area contributed by atoms with Gasteiger partial charge < -0.3 is 0 Å². The minimum atomic E-state index is 0.696. The zero-order chi connectivity index (χ0) is 20.8. The van der Waals surface area contributed by atoms with Crippen LogP contribution in [0.25, 0.3) is 0 Å². The maximum atomic E-state index is 3.99.